The van der Waals surface area contributed by atoms with Gasteiger partial charge in [0.15, 0.2) is 5.65 Å². The van der Waals surface area contributed by atoms with E-state index in [9.17, 15) is 4.79 Å². The van der Waals surface area contributed by atoms with Crippen molar-refractivity contribution in [2.24, 2.45) is 5.73 Å². The van der Waals surface area contributed by atoms with Gasteiger partial charge in [0.25, 0.3) is 5.91 Å². The molecule has 2 atom stereocenters. The van der Waals surface area contributed by atoms with E-state index in [4.69, 9.17) is 17.3 Å². The lowest BCUT2D eigenvalue weighted by molar-refractivity contribution is 0.1000. The minimum atomic E-state index is -0.402. The summed E-state index contributed by atoms with van der Waals surface area (Å²) >= 11 is 6.75. The van der Waals surface area contributed by atoms with Crippen molar-refractivity contribution in [3.8, 4) is 0 Å². The second-order valence-corrected chi connectivity index (χ2v) is 6.68. The third-order valence-corrected chi connectivity index (χ3v) is 5.63. The number of hydrogen-bond acceptors (Lipinski definition) is 2. The zero-order chi connectivity index (χ0) is 15.0. The molecule has 22 heavy (non-hydrogen) atoms. The molecule has 2 unspecified atom stereocenters. The number of pyridine rings is 1. The fourth-order valence-electron chi connectivity index (χ4n) is 4.44. The maximum Gasteiger partial charge on any atom is 0.252 e. The highest BCUT2D eigenvalue weighted by Crippen LogP contribution is 2.56. The van der Waals surface area contributed by atoms with Crippen molar-refractivity contribution in [2.45, 2.75) is 31.1 Å². The highest BCUT2D eigenvalue weighted by Gasteiger charge is 2.42. The average Bonchev–Trinajstić information content (AvgIpc) is 3.19. The summed E-state index contributed by atoms with van der Waals surface area (Å²) in [5, 5.41) is 0.705. The van der Waals surface area contributed by atoms with Gasteiger partial charge in [-0.3, -0.25) is 9.20 Å². The topological polar surface area (TPSA) is 60.4 Å². The van der Waals surface area contributed by atoms with E-state index in [0.717, 1.165) is 41.4 Å². The van der Waals surface area contributed by atoms with Gasteiger partial charge in [0.05, 0.1) is 16.6 Å². The number of halogens is 1. The van der Waals surface area contributed by atoms with Crippen LogP contribution >= 0.6 is 11.6 Å². The van der Waals surface area contributed by atoms with Crippen LogP contribution in [0.2, 0.25) is 5.15 Å². The first kappa shape index (κ1) is 12.5. The number of fused-ring (bicyclic) bond motifs is 8. The van der Waals surface area contributed by atoms with Gasteiger partial charge in [0.2, 0.25) is 0 Å². The van der Waals surface area contributed by atoms with Gasteiger partial charge in [-0.1, -0.05) is 23.7 Å². The molecule has 1 saturated carbocycles. The molecule has 1 aromatic carbocycles. The number of aromatic nitrogens is 2. The van der Waals surface area contributed by atoms with Gasteiger partial charge in [-0.2, -0.15) is 0 Å². The monoisotopic (exact) mass is 311 g/mol. The van der Waals surface area contributed by atoms with Crippen molar-refractivity contribution in [1.29, 1.82) is 0 Å². The second kappa shape index (κ2) is 4.02. The molecular formula is C17H14ClN3O. The van der Waals surface area contributed by atoms with Crippen molar-refractivity contribution in [1.82, 2.24) is 9.38 Å². The first-order chi connectivity index (χ1) is 10.7. The molecule has 0 radical (unpaired) electrons. The third-order valence-electron chi connectivity index (χ3n) is 5.26. The predicted octanol–water partition coefficient (Wildman–Crippen LogP) is 3.60. The van der Waals surface area contributed by atoms with Crippen molar-refractivity contribution >= 4 is 34.2 Å². The molecule has 5 heteroatoms. The largest absolute Gasteiger partial charge is 0.365 e. The molecule has 2 aromatic heterocycles. The molecule has 3 aromatic rings. The Morgan fingerprint density at radius 1 is 1.23 bits per heavy atom. The van der Waals surface area contributed by atoms with E-state index in [0.29, 0.717) is 28.2 Å². The number of amides is 1. The molecule has 0 saturated heterocycles. The number of nitrogens with zero attached hydrogens (tertiary/aromatic N) is 2. The van der Waals surface area contributed by atoms with Crippen molar-refractivity contribution < 1.29 is 4.79 Å². The van der Waals surface area contributed by atoms with Crippen LogP contribution in [0, 0.1) is 0 Å². The van der Waals surface area contributed by atoms with Gasteiger partial charge in [-0.15, -0.1) is 0 Å². The second-order valence-electron chi connectivity index (χ2n) is 6.32. The summed E-state index contributed by atoms with van der Waals surface area (Å²) in [6.07, 6.45) is 3.35. The number of carbonyl (C=O) groups is 1. The molecule has 1 amide bonds. The number of carbonyl (C=O) groups excluding carboxylic acids is 1. The van der Waals surface area contributed by atoms with Gasteiger partial charge < -0.3 is 5.73 Å². The smallest absolute Gasteiger partial charge is 0.252 e. The van der Waals surface area contributed by atoms with Crippen molar-refractivity contribution in [3.05, 3.63) is 46.1 Å². The first-order valence-corrected chi connectivity index (χ1v) is 7.97. The molecule has 5 rings (SSSR count). The SMILES string of the molecule is NC(=O)c1c2c(c(Cl)n3c1nc1ccccc13)C1CCC2C1. The minimum absolute atomic E-state index is 0.402. The van der Waals surface area contributed by atoms with E-state index in [1.807, 2.05) is 28.7 Å². The van der Waals surface area contributed by atoms with E-state index < -0.39 is 5.91 Å². The molecule has 2 aliphatic carbocycles. The van der Waals surface area contributed by atoms with E-state index in [1.165, 1.54) is 0 Å². The maximum atomic E-state index is 12.2. The third kappa shape index (κ3) is 1.34. The average molecular weight is 312 g/mol. The number of benzene rings is 1. The van der Waals surface area contributed by atoms with Gasteiger partial charge in [-0.25, -0.2) is 4.98 Å². The highest BCUT2D eigenvalue weighted by atomic mass is 35.5. The summed E-state index contributed by atoms with van der Waals surface area (Å²) in [5.74, 6) is 0.460. The van der Waals surface area contributed by atoms with E-state index in [2.05, 4.69) is 4.98 Å². The van der Waals surface area contributed by atoms with Crippen LogP contribution in [0.15, 0.2) is 24.3 Å². The molecule has 2 aliphatic rings. The number of primary amides is 1. The summed E-state index contributed by atoms with van der Waals surface area (Å²) in [6, 6.07) is 7.80. The Morgan fingerprint density at radius 3 is 2.73 bits per heavy atom. The number of rotatable bonds is 1. The molecule has 2 bridgehead atoms. The molecule has 2 N–H and O–H groups in total. The Bertz CT molecular complexity index is 975. The highest BCUT2D eigenvalue weighted by molar-refractivity contribution is 6.31. The lowest BCUT2D eigenvalue weighted by Gasteiger charge is -2.20. The number of para-hydroxylation sites is 2. The molecule has 0 aliphatic heterocycles. The van der Waals surface area contributed by atoms with E-state index >= 15 is 0 Å². The van der Waals surface area contributed by atoms with Crippen LogP contribution in [0.4, 0.5) is 0 Å². The van der Waals surface area contributed by atoms with Crippen molar-refractivity contribution in [2.75, 3.05) is 0 Å². The standard InChI is InChI=1S/C17H14ClN3O/c18-15-13-9-6-5-8(7-9)12(13)14(16(19)22)17-20-10-3-1-2-4-11(10)21(15)17/h1-4,8-9H,5-7H2,(H2,19,22). The first-order valence-electron chi connectivity index (χ1n) is 7.59. The molecule has 110 valence electrons. The van der Waals surface area contributed by atoms with Crippen LogP contribution in [-0.4, -0.2) is 15.3 Å². The summed E-state index contributed by atoms with van der Waals surface area (Å²) < 4.78 is 1.90. The number of nitrogens with two attached hydrogens (primary N) is 1. The molecule has 4 nitrogen and oxygen atoms in total. The van der Waals surface area contributed by atoms with Crippen LogP contribution in [0.5, 0.6) is 0 Å². The zero-order valence-corrected chi connectivity index (χ0v) is 12.6. The molecule has 1 fully saturated rings. The van der Waals surface area contributed by atoms with Crippen LogP contribution in [0.25, 0.3) is 16.7 Å². The quantitative estimate of drug-likeness (QED) is 0.698. The number of hydrogen-bond donors (Lipinski definition) is 1. The van der Waals surface area contributed by atoms with E-state index in [-0.39, 0.29) is 0 Å². The van der Waals surface area contributed by atoms with Gasteiger partial charge >= 0.3 is 0 Å². The maximum absolute atomic E-state index is 12.2. The van der Waals surface area contributed by atoms with Gasteiger partial charge in [-0.05, 0) is 54.4 Å². The zero-order valence-electron chi connectivity index (χ0n) is 11.8. The van der Waals surface area contributed by atoms with Crippen LogP contribution < -0.4 is 5.73 Å². The fourth-order valence-corrected chi connectivity index (χ4v) is 4.87. The van der Waals surface area contributed by atoms with Crippen molar-refractivity contribution in [3.63, 3.8) is 0 Å². The normalized spacial score (nSPS) is 22.6. The Labute approximate surface area is 131 Å². The summed E-state index contributed by atoms with van der Waals surface area (Å²) in [4.78, 5) is 16.8. The van der Waals surface area contributed by atoms with Crippen LogP contribution in [0.1, 0.15) is 52.6 Å². The predicted molar refractivity (Wildman–Crippen MR) is 85.6 cm³/mol. The Balaban J connectivity index is 2.05. The molecule has 0 spiro atoms. The van der Waals surface area contributed by atoms with Gasteiger partial charge in [0, 0.05) is 0 Å². The Morgan fingerprint density at radius 2 is 1.95 bits per heavy atom. The summed E-state index contributed by atoms with van der Waals surface area (Å²) in [5.41, 5.74) is 10.9. The lowest BCUT2D eigenvalue weighted by atomic mass is 9.89. The fraction of sp³-hybridized carbons (Fsp3) is 0.294. The number of imidazole rings is 1. The van der Waals surface area contributed by atoms with E-state index in [1.54, 1.807) is 0 Å². The Hall–Kier alpha value is -2.07. The van der Waals surface area contributed by atoms with Crippen LogP contribution in [0.3, 0.4) is 0 Å². The lowest BCUT2D eigenvalue weighted by Crippen LogP contribution is -2.19. The molecule has 2 heterocycles. The molecular weight excluding hydrogens is 298 g/mol. The van der Waals surface area contributed by atoms with Crippen LogP contribution in [-0.2, 0) is 0 Å². The minimum Gasteiger partial charge on any atom is -0.365 e. The Kier molecular flexibility index (Phi) is 2.28. The summed E-state index contributed by atoms with van der Waals surface area (Å²) in [7, 11) is 0. The summed E-state index contributed by atoms with van der Waals surface area (Å²) in [6.45, 7) is 0. The van der Waals surface area contributed by atoms with Gasteiger partial charge in [0.1, 0.15) is 5.15 Å².